The van der Waals surface area contributed by atoms with Crippen molar-refractivity contribution >= 4 is 28.3 Å². The second kappa shape index (κ2) is 8.79. The van der Waals surface area contributed by atoms with Crippen LogP contribution in [0.25, 0.3) is 11.0 Å². The lowest BCUT2D eigenvalue weighted by Gasteiger charge is -2.34. The summed E-state index contributed by atoms with van der Waals surface area (Å²) in [6.07, 6.45) is 4.84. The van der Waals surface area contributed by atoms with Crippen molar-refractivity contribution in [2.75, 3.05) is 26.1 Å². The normalized spacial score (nSPS) is 16.3. The molecule has 3 aromatic rings. The van der Waals surface area contributed by atoms with E-state index in [4.69, 9.17) is 9.47 Å². The van der Waals surface area contributed by atoms with Crippen molar-refractivity contribution in [3.8, 4) is 11.5 Å². The zero-order valence-corrected chi connectivity index (χ0v) is 18.4. The number of methoxy groups -OCH3 is 2. The fraction of sp³-hybridized carbons (Fsp3) is 0.375. The summed E-state index contributed by atoms with van der Waals surface area (Å²) >= 11 is 0. The molecule has 3 heterocycles. The van der Waals surface area contributed by atoms with E-state index < -0.39 is 0 Å². The van der Waals surface area contributed by atoms with Crippen LogP contribution in [0.4, 0.5) is 11.4 Å². The minimum absolute atomic E-state index is 0.00912. The summed E-state index contributed by atoms with van der Waals surface area (Å²) in [6.45, 7) is 4.80. The number of hydrogen-bond donors (Lipinski definition) is 1. The second-order valence-electron chi connectivity index (χ2n) is 7.91. The minimum Gasteiger partial charge on any atom is -0.493 e. The summed E-state index contributed by atoms with van der Waals surface area (Å²) in [4.78, 5) is 24.5. The lowest BCUT2D eigenvalue weighted by atomic mass is 10.0. The third-order valence-corrected chi connectivity index (χ3v) is 5.82. The third kappa shape index (κ3) is 4.13. The molecule has 162 valence electrons. The summed E-state index contributed by atoms with van der Waals surface area (Å²) in [5.41, 5.74) is 3.51. The van der Waals surface area contributed by atoms with Gasteiger partial charge in [0.25, 0.3) is 5.91 Å². The summed E-state index contributed by atoms with van der Waals surface area (Å²) in [6, 6.07) is 9.69. The van der Waals surface area contributed by atoms with Gasteiger partial charge in [-0.3, -0.25) is 4.79 Å². The van der Waals surface area contributed by atoms with Crippen LogP contribution in [0.15, 0.2) is 36.5 Å². The molecule has 7 nitrogen and oxygen atoms in total. The molecule has 0 saturated carbocycles. The quantitative estimate of drug-likeness (QED) is 0.644. The number of pyridine rings is 2. The third-order valence-electron chi connectivity index (χ3n) is 5.82. The Morgan fingerprint density at radius 3 is 2.68 bits per heavy atom. The molecule has 1 saturated heterocycles. The number of amides is 1. The average molecular weight is 421 g/mol. The number of nitrogens with zero attached hydrogens (tertiary/aromatic N) is 3. The van der Waals surface area contributed by atoms with Crippen LogP contribution < -0.4 is 14.8 Å². The lowest BCUT2D eigenvalue weighted by Crippen LogP contribution is -2.42. The van der Waals surface area contributed by atoms with E-state index in [0.717, 1.165) is 42.6 Å². The van der Waals surface area contributed by atoms with Crippen LogP contribution in [0.3, 0.4) is 0 Å². The molecule has 0 radical (unpaired) electrons. The van der Waals surface area contributed by atoms with Gasteiger partial charge in [-0.05, 0) is 57.4 Å². The maximum Gasteiger partial charge on any atom is 0.257 e. The van der Waals surface area contributed by atoms with Gasteiger partial charge in [-0.25, -0.2) is 9.97 Å². The van der Waals surface area contributed by atoms with Crippen molar-refractivity contribution in [3.05, 3.63) is 47.8 Å². The average Bonchev–Trinajstić information content (AvgIpc) is 2.78. The van der Waals surface area contributed by atoms with Gasteiger partial charge in [0.05, 0.1) is 25.5 Å². The van der Waals surface area contributed by atoms with Crippen LogP contribution in [0.1, 0.15) is 42.2 Å². The zero-order chi connectivity index (χ0) is 22.0. The minimum atomic E-state index is -0.00912. The van der Waals surface area contributed by atoms with Crippen molar-refractivity contribution in [2.24, 2.45) is 0 Å². The molecule has 1 amide bonds. The van der Waals surface area contributed by atoms with Crippen LogP contribution in [0, 0.1) is 6.92 Å². The van der Waals surface area contributed by atoms with Gasteiger partial charge in [0.2, 0.25) is 0 Å². The molecule has 0 unspecified atom stereocenters. The Morgan fingerprint density at radius 2 is 1.94 bits per heavy atom. The molecule has 1 aliphatic heterocycles. The smallest absolute Gasteiger partial charge is 0.257 e. The molecule has 4 rings (SSSR count). The molecule has 7 heteroatoms. The fourth-order valence-electron chi connectivity index (χ4n) is 4.08. The maximum absolute atomic E-state index is 13.5. The Bertz CT molecular complexity index is 1120. The number of anilines is 2. The van der Waals surface area contributed by atoms with E-state index in [2.05, 4.69) is 22.2 Å². The van der Waals surface area contributed by atoms with Gasteiger partial charge in [-0.15, -0.1) is 0 Å². The highest BCUT2D eigenvalue weighted by Gasteiger charge is 2.27. The van der Waals surface area contributed by atoms with E-state index in [1.807, 2.05) is 42.2 Å². The number of fused-ring (bicyclic) bond motifs is 1. The van der Waals surface area contributed by atoms with Crippen molar-refractivity contribution in [3.63, 3.8) is 0 Å². The summed E-state index contributed by atoms with van der Waals surface area (Å²) in [7, 11) is 3.20. The maximum atomic E-state index is 13.5. The number of likely N-dealkylation sites (tertiary alicyclic amines) is 1. The molecule has 31 heavy (non-hydrogen) atoms. The second-order valence-corrected chi connectivity index (χ2v) is 7.91. The molecule has 0 aliphatic carbocycles. The van der Waals surface area contributed by atoms with Crippen LogP contribution in [-0.4, -0.2) is 47.6 Å². The van der Waals surface area contributed by atoms with E-state index >= 15 is 0 Å². The molecule has 0 bridgehead atoms. The van der Waals surface area contributed by atoms with Crippen LogP contribution >= 0.6 is 0 Å². The van der Waals surface area contributed by atoms with Gasteiger partial charge in [-0.1, -0.05) is 0 Å². The van der Waals surface area contributed by atoms with Gasteiger partial charge in [-0.2, -0.15) is 0 Å². The monoisotopic (exact) mass is 420 g/mol. The summed E-state index contributed by atoms with van der Waals surface area (Å²) in [5.74, 6) is 1.24. The van der Waals surface area contributed by atoms with Crippen molar-refractivity contribution < 1.29 is 14.3 Å². The van der Waals surface area contributed by atoms with E-state index in [0.29, 0.717) is 28.4 Å². The number of carbonyl (C=O) groups is 1. The Morgan fingerprint density at radius 1 is 1.13 bits per heavy atom. The highest BCUT2D eigenvalue weighted by atomic mass is 16.5. The highest BCUT2D eigenvalue weighted by Crippen LogP contribution is 2.35. The molecular formula is C24H28N4O3. The molecule has 1 fully saturated rings. The Labute approximate surface area is 182 Å². The highest BCUT2D eigenvalue weighted by molar-refractivity contribution is 6.07. The molecule has 1 aliphatic rings. The summed E-state index contributed by atoms with van der Waals surface area (Å²) in [5, 5.41) is 4.23. The van der Waals surface area contributed by atoms with Crippen LogP contribution in [-0.2, 0) is 0 Å². The predicted molar refractivity (Wildman–Crippen MR) is 121 cm³/mol. The first kappa shape index (κ1) is 20.9. The van der Waals surface area contributed by atoms with Crippen molar-refractivity contribution in [2.45, 2.75) is 39.2 Å². The first-order chi connectivity index (χ1) is 15.0. The van der Waals surface area contributed by atoms with Crippen LogP contribution in [0.2, 0.25) is 0 Å². The number of aromatic nitrogens is 2. The Hall–Kier alpha value is -3.35. The molecule has 2 aromatic heterocycles. The number of piperidine rings is 1. The molecule has 0 spiro atoms. The predicted octanol–water partition coefficient (Wildman–Crippen LogP) is 4.71. The first-order valence-corrected chi connectivity index (χ1v) is 10.6. The van der Waals surface area contributed by atoms with E-state index in [-0.39, 0.29) is 11.9 Å². The largest absolute Gasteiger partial charge is 0.493 e. The number of benzene rings is 1. The van der Waals surface area contributed by atoms with Crippen LogP contribution in [0.5, 0.6) is 11.5 Å². The van der Waals surface area contributed by atoms with Gasteiger partial charge >= 0.3 is 0 Å². The van der Waals surface area contributed by atoms with Gasteiger partial charge in [0, 0.05) is 41.6 Å². The number of nitrogens with one attached hydrogen (secondary N) is 1. The standard InChI is InChI=1S/C24H28N4O3/c1-15-8-10-18-22(27-17-9-11-20(30-3)21(13-17)31-4)19(14-25-23(18)26-15)24(29)28-12-6-5-7-16(28)2/h8-11,13-14,16H,5-7,12H2,1-4H3,(H,25,26,27)/t16-/m1/s1. The van der Waals surface area contributed by atoms with E-state index in [1.54, 1.807) is 20.4 Å². The summed E-state index contributed by atoms with van der Waals surface area (Å²) < 4.78 is 10.8. The number of rotatable bonds is 5. The van der Waals surface area contributed by atoms with Crippen molar-refractivity contribution in [1.29, 1.82) is 0 Å². The number of hydrogen-bond acceptors (Lipinski definition) is 6. The van der Waals surface area contributed by atoms with Crippen molar-refractivity contribution in [1.82, 2.24) is 14.9 Å². The number of ether oxygens (including phenoxy) is 2. The SMILES string of the molecule is COc1ccc(Nc2c(C(=O)N3CCCC[C@H]3C)cnc3nc(C)ccc23)cc1OC. The molecule has 1 atom stereocenters. The lowest BCUT2D eigenvalue weighted by molar-refractivity contribution is 0.0636. The molecule has 1 N–H and O–H groups in total. The van der Waals surface area contributed by atoms with E-state index in [1.165, 1.54) is 0 Å². The fourth-order valence-corrected chi connectivity index (χ4v) is 4.08. The van der Waals surface area contributed by atoms with Gasteiger partial charge in [0.1, 0.15) is 0 Å². The van der Waals surface area contributed by atoms with Gasteiger partial charge in [0.15, 0.2) is 17.1 Å². The zero-order valence-electron chi connectivity index (χ0n) is 18.4. The Balaban J connectivity index is 1.81. The van der Waals surface area contributed by atoms with Gasteiger partial charge < -0.3 is 19.7 Å². The molecular weight excluding hydrogens is 392 g/mol. The number of carbonyl (C=O) groups excluding carboxylic acids is 1. The topological polar surface area (TPSA) is 76.6 Å². The molecule has 1 aromatic carbocycles. The first-order valence-electron chi connectivity index (χ1n) is 10.6. The Kier molecular flexibility index (Phi) is 5.93. The van der Waals surface area contributed by atoms with E-state index in [9.17, 15) is 4.79 Å². The number of aryl methyl sites for hydroxylation is 1.